The van der Waals surface area contributed by atoms with Crippen molar-refractivity contribution in [3.63, 3.8) is 0 Å². The Labute approximate surface area is 163 Å². The number of aliphatic hydroxyl groups is 1. The number of amides is 1. The summed E-state index contributed by atoms with van der Waals surface area (Å²) in [5.41, 5.74) is -2.80. The summed E-state index contributed by atoms with van der Waals surface area (Å²) in [6, 6.07) is 4.76. The Morgan fingerprint density at radius 2 is 1.93 bits per heavy atom. The summed E-state index contributed by atoms with van der Waals surface area (Å²) in [7, 11) is 0. The molecule has 2 unspecified atom stereocenters. The van der Waals surface area contributed by atoms with Gasteiger partial charge in [-0.05, 0) is 37.5 Å². The molecule has 1 amide bonds. The molecule has 1 saturated heterocycles. The van der Waals surface area contributed by atoms with Crippen LogP contribution in [0.2, 0.25) is 0 Å². The molecule has 0 aliphatic carbocycles. The number of carbonyl (C=O) groups excluding carboxylic acids is 1. The van der Waals surface area contributed by atoms with Gasteiger partial charge in [-0.3, -0.25) is 4.79 Å². The maximum absolute atomic E-state index is 14.2. The van der Waals surface area contributed by atoms with E-state index >= 15 is 0 Å². The topological polar surface area (TPSA) is 58.4 Å². The Morgan fingerprint density at radius 1 is 1.24 bits per heavy atom. The highest BCUT2D eigenvalue weighted by molar-refractivity contribution is 5.85. The van der Waals surface area contributed by atoms with Gasteiger partial charge in [0.15, 0.2) is 5.82 Å². The molecule has 1 aromatic heterocycles. The number of benzene rings is 1. The van der Waals surface area contributed by atoms with Crippen LogP contribution < -0.4 is 0 Å². The van der Waals surface area contributed by atoms with Gasteiger partial charge in [0.2, 0.25) is 5.60 Å². The van der Waals surface area contributed by atoms with E-state index in [-0.39, 0.29) is 30.6 Å². The molecule has 158 valence electrons. The third-order valence-corrected chi connectivity index (χ3v) is 5.35. The van der Waals surface area contributed by atoms with Gasteiger partial charge in [0.05, 0.1) is 0 Å². The highest BCUT2D eigenvalue weighted by Crippen LogP contribution is 2.37. The van der Waals surface area contributed by atoms with Gasteiger partial charge in [-0.1, -0.05) is 6.92 Å². The SMILES string of the molecule is CC1CN(C(=O)[C@@](C)(O)C(F)(F)F)CCC1c1ccnn1-c1ccc(F)cc1F. The van der Waals surface area contributed by atoms with Crippen LogP contribution in [0.25, 0.3) is 5.69 Å². The molecule has 0 spiro atoms. The molecule has 1 aliphatic rings. The number of alkyl halides is 3. The van der Waals surface area contributed by atoms with Gasteiger partial charge < -0.3 is 10.0 Å². The van der Waals surface area contributed by atoms with E-state index in [1.165, 1.54) is 16.9 Å². The first-order chi connectivity index (χ1) is 13.4. The fraction of sp³-hybridized carbons (Fsp3) is 0.474. The van der Waals surface area contributed by atoms with Crippen molar-refractivity contribution in [3.05, 3.63) is 47.8 Å². The molecule has 5 nitrogen and oxygen atoms in total. The first-order valence-corrected chi connectivity index (χ1v) is 9.01. The van der Waals surface area contributed by atoms with Crippen LogP contribution >= 0.6 is 0 Å². The summed E-state index contributed by atoms with van der Waals surface area (Å²) in [5.74, 6) is -3.42. The van der Waals surface area contributed by atoms with E-state index in [2.05, 4.69) is 5.10 Å². The highest BCUT2D eigenvalue weighted by atomic mass is 19.4. The monoisotopic (exact) mass is 417 g/mol. The Kier molecular flexibility index (Phi) is 5.42. The molecular formula is C19H20F5N3O2. The van der Waals surface area contributed by atoms with E-state index < -0.39 is 29.3 Å². The van der Waals surface area contributed by atoms with E-state index in [4.69, 9.17) is 0 Å². The van der Waals surface area contributed by atoms with Crippen LogP contribution in [0.5, 0.6) is 0 Å². The van der Waals surface area contributed by atoms with Crippen molar-refractivity contribution in [3.8, 4) is 5.69 Å². The summed E-state index contributed by atoms with van der Waals surface area (Å²) in [5, 5.41) is 13.7. The normalized spacial score (nSPS) is 22.4. The third-order valence-electron chi connectivity index (χ3n) is 5.35. The van der Waals surface area contributed by atoms with Gasteiger partial charge in [-0.15, -0.1) is 0 Å². The number of hydrogen-bond acceptors (Lipinski definition) is 3. The smallest absolute Gasteiger partial charge is 0.373 e. The van der Waals surface area contributed by atoms with Crippen molar-refractivity contribution >= 4 is 5.91 Å². The number of aromatic nitrogens is 2. The maximum Gasteiger partial charge on any atom is 0.426 e. The van der Waals surface area contributed by atoms with E-state index in [0.717, 1.165) is 17.0 Å². The quantitative estimate of drug-likeness (QED) is 0.779. The zero-order chi connectivity index (χ0) is 21.6. The summed E-state index contributed by atoms with van der Waals surface area (Å²) in [6.45, 7) is 2.19. The molecule has 0 bridgehead atoms. The molecular weight excluding hydrogens is 397 g/mol. The lowest BCUT2D eigenvalue weighted by molar-refractivity contribution is -0.250. The largest absolute Gasteiger partial charge is 0.426 e. The maximum atomic E-state index is 14.2. The molecule has 29 heavy (non-hydrogen) atoms. The number of likely N-dealkylation sites (tertiary alicyclic amines) is 1. The van der Waals surface area contributed by atoms with Crippen molar-refractivity contribution in [1.29, 1.82) is 0 Å². The van der Waals surface area contributed by atoms with E-state index in [1.54, 1.807) is 13.0 Å². The number of rotatable bonds is 3. The average Bonchev–Trinajstić information content (AvgIpc) is 3.09. The first kappa shape index (κ1) is 21.2. The van der Waals surface area contributed by atoms with Gasteiger partial charge in [0.25, 0.3) is 5.91 Å². The zero-order valence-corrected chi connectivity index (χ0v) is 15.7. The van der Waals surface area contributed by atoms with E-state index in [0.29, 0.717) is 19.0 Å². The Balaban J connectivity index is 1.82. The van der Waals surface area contributed by atoms with Crippen molar-refractivity contribution < 1.29 is 31.9 Å². The number of carbonyl (C=O) groups is 1. The van der Waals surface area contributed by atoms with Gasteiger partial charge >= 0.3 is 6.18 Å². The molecule has 3 atom stereocenters. The summed E-state index contributed by atoms with van der Waals surface area (Å²) in [4.78, 5) is 13.2. The predicted molar refractivity (Wildman–Crippen MR) is 93.3 cm³/mol. The van der Waals surface area contributed by atoms with E-state index in [1.807, 2.05) is 0 Å². The van der Waals surface area contributed by atoms with Crippen molar-refractivity contribution in [1.82, 2.24) is 14.7 Å². The molecule has 10 heteroatoms. The lowest BCUT2D eigenvalue weighted by Crippen LogP contribution is -2.58. The second-order valence-corrected chi connectivity index (χ2v) is 7.46. The van der Waals surface area contributed by atoms with Gasteiger partial charge in [0, 0.05) is 37.0 Å². The predicted octanol–water partition coefficient (Wildman–Crippen LogP) is 3.42. The molecule has 0 radical (unpaired) electrons. The summed E-state index contributed by atoms with van der Waals surface area (Å²) >= 11 is 0. The fourth-order valence-corrected chi connectivity index (χ4v) is 3.65. The van der Waals surface area contributed by atoms with Crippen LogP contribution in [0.15, 0.2) is 30.5 Å². The van der Waals surface area contributed by atoms with Crippen LogP contribution in [0, 0.1) is 17.6 Å². The lowest BCUT2D eigenvalue weighted by atomic mass is 9.83. The molecule has 2 heterocycles. The summed E-state index contributed by atoms with van der Waals surface area (Å²) < 4.78 is 67.6. The zero-order valence-electron chi connectivity index (χ0n) is 15.7. The molecule has 1 aromatic carbocycles. The Bertz CT molecular complexity index is 909. The lowest BCUT2D eigenvalue weighted by Gasteiger charge is -2.40. The van der Waals surface area contributed by atoms with Crippen LogP contribution in [0.1, 0.15) is 31.9 Å². The van der Waals surface area contributed by atoms with Gasteiger partial charge in [0.1, 0.15) is 11.5 Å². The average molecular weight is 417 g/mol. The minimum Gasteiger partial charge on any atom is -0.373 e. The van der Waals surface area contributed by atoms with Crippen molar-refractivity contribution in [2.75, 3.05) is 13.1 Å². The Hall–Kier alpha value is -2.49. The first-order valence-electron chi connectivity index (χ1n) is 9.01. The Morgan fingerprint density at radius 3 is 2.52 bits per heavy atom. The van der Waals surface area contributed by atoms with Crippen LogP contribution in [-0.4, -0.2) is 50.6 Å². The molecule has 1 aliphatic heterocycles. The number of nitrogens with zero attached hydrogens (tertiary/aromatic N) is 3. The molecule has 1 fully saturated rings. The number of hydrogen-bond donors (Lipinski definition) is 1. The fourth-order valence-electron chi connectivity index (χ4n) is 3.65. The molecule has 0 saturated carbocycles. The van der Waals surface area contributed by atoms with Crippen LogP contribution in [0.4, 0.5) is 22.0 Å². The van der Waals surface area contributed by atoms with Crippen molar-refractivity contribution in [2.24, 2.45) is 5.92 Å². The van der Waals surface area contributed by atoms with Gasteiger partial charge in [-0.25, -0.2) is 13.5 Å². The molecule has 2 aromatic rings. The minimum atomic E-state index is -5.08. The molecule has 1 N–H and O–H groups in total. The van der Waals surface area contributed by atoms with Crippen LogP contribution in [-0.2, 0) is 4.79 Å². The number of halogens is 5. The third kappa shape index (κ3) is 3.85. The standard InChI is InChI=1S/C19H20F5N3O2/c1-11-10-26(17(28)18(2,29)19(22,23)24)8-6-13(11)15-5-7-25-27(15)16-4-3-12(20)9-14(16)21/h3-5,7,9,11,13,29H,6,8,10H2,1-2H3/t11?,13?,18-/m1/s1. The summed E-state index contributed by atoms with van der Waals surface area (Å²) in [6.07, 6.45) is -3.32. The van der Waals surface area contributed by atoms with Crippen LogP contribution in [0.3, 0.4) is 0 Å². The van der Waals surface area contributed by atoms with Crippen molar-refractivity contribution in [2.45, 2.75) is 38.0 Å². The second kappa shape index (κ2) is 7.40. The minimum absolute atomic E-state index is 0.00283. The highest BCUT2D eigenvalue weighted by Gasteiger charge is 2.57. The second-order valence-electron chi connectivity index (χ2n) is 7.46. The van der Waals surface area contributed by atoms with Gasteiger partial charge in [-0.2, -0.15) is 18.3 Å². The van der Waals surface area contributed by atoms with E-state index in [9.17, 15) is 31.9 Å². The number of piperidine rings is 1. The molecule has 3 rings (SSSR count).